The summed E-state index contributed by atoms with van der Waals surface area (Å²) in [6, 6.07) is 0. The zero-order valence-corrected chi connectivity index (χ0v) is 10.0. The molecule has 0 radical (unpaired) electrons. The molecular formula is C11H21NO4. The molecular weight excluding hydrogens is 210 g/mol. The molecule has 1 saturated heterocycles. The molecule has 0 aromatic rings. The number of hydrogen-bond donors (Lipinski definition) is 1. The first-order chi connectivity index (χ1) is 7.75. The van der Waals surface area contributed by atoms with E-state index in [1.807, 2.05) is 0 Å². The minimum absolute atomic E-state index is 0.000949. The minimum atomic E-state index is -0.118. The molecule has 16 heavy (non-hydrogen) atoms. The number of carbonyl (C=O) groups is 1. The minimum Gasteiger partial charge on any atom is -0.463 e. The zero-order valence-electron chi connectivity index (χ0n) is 10.0. The van der Waals surface area contributed by atoms with E-state index in [0.29, 0.717) is 32.3 Å². The maximum Gasteiger partial charge on any atom is 0.310 e. The number of methoxy groups -OCH3 is 1. The van der Waals surface area contributed by atoms with E-state index >= 15 is 0 Å². The van der Waals surface area contributed by atoms with E-state index in [1.165, 1.54) is 0 Å². The fraction of sp³-hybridized carbons (Fsp3) is 0.909. The van der Waals surface area contributed by atoms with Crippen LogP contribution in [0.2, 0.25) is 0 Å². The van der Waals surface area contributed by atoms with Crippen molar-refractivity contribution < 1.29 is 19.0 Å². The van der Waals surface area contributed by atoms with E-state index in [4.69, 9.17) is 14.2 Å². The lowest BCUT2D eigenvalue weighted by Crippen LogP contribution is -2.25. The van der Waals surface area contributed by atoms with E-state index in [2.05, 4.69) is 12.2 Å². The average molecular weight is 231 g/mol. The molecule has 0 saturated carbocycles. The predicted octanol–water partition coefficient (Wildman–Crippen LogP) is 0.0481. The van der Waals surface area contributed by atoms with E-state index < -0.39 is 0 Å². The normalized spacial score (nSPS) is 24.6. The molecule has 0 aliphatic carbocycles. The summed E-state index contributed by atoms with van der Waals surface area (Å²) in [7, 11) is 1.62. The van der Waals surface area contributed by atoms with Crippen molar-refractivity contribution in [2.24, 2.45) is 11.8 Å². The number of ether oxygens (including phenoxy) is 3. The van der Waals surface area contributed by atoms with Crippen molar-refractivity contribution in [1.82, 2.24) is 5.32 Å². The third-order valence-corrected chi connectivity index (χ3v) is 2.72. The summed E-state index contributed by atoms with van der Waals surface area (Å²) in [6.07, 6.45) is 0. The van der Waals surface area contributed by atoms with E-state index in [9.17, 15) is 4.79 Å². The molecule has 1 aliphatic heterocycles. The molecule has 0 spiro atoms. The van der Waals surface area contributed by atoms with Crippen LogP contribution in [0.15, 0.2) is 0 Å². The van der Waals surface area contributed by atoms with Gasteiger partial charge in [-0.2, -0.15) is 0 Å². The standard InChI is InChI=1S/C11H21NO4/c1-9-7-12-8-10(9)11(13)16-6-5-15-4-3-14-2/h9-10,12H,3-8H2,1-2H3. The van der Waals surface area contributed by atoms with Crippen LogP contribution < -0.4 is 5.32 Å². The summed E-state index contributed by atoms with van der Waals surface area (Å²) < 4.78 is 15.2. The second-order valence-corrected chi connectivity index (χ2v) is 4.01. The van der Waals surface area contributed by atoms with Crippen LogP contribution >= 0.6 is 0 Å². The maximum atomic E-state index is 11.6. The molecule has 0 bridgehead atoms. The van der Waals surface area contributed by atoms with Crippen LogP contribution in [-0.2, 0) is 19.0 Å². The fourth-order valence-electron chi connectivity index (χ4n) is 1.68. The highest BCUT2D eigenvalue weighted by Gasteiger charge is 2.30. The highest BCUT2D eigenvalue weighted by molar-refractivity contribution is 5.73. The fourth-order valence-corrected chi connectivity index (χ4v) is 1.68. The molecule has 5 nitrogen and oxygen atoms in total. The topological polar surface area (TPSA) is 56.8 Å². The van der Waals surface area contributed by atoms with Crippen molar-refractivity contribution in [2.45, 2.75) is 6.92 Å². The molecule has 2 unspecified atom stereocenters. The Morgan fingerprint density at radius 2 is 2.00 bits per heavy atom. The lowest BCUT2D eigenvalue weighted by atomic mass is 9.99. The summed E-state index contributed by atoms with van der Waals surface area (Å²) in [5, 5.41) is 3.17. The van der Waals surface area contributed by atoms with Crippen LogP contribution in [0.25, 0.3) is 0 Å². The first-order valence-electron chi connectivity index (χ1n) is 5.69. The van der Waals surface area contributed by atoms with Crippen molar-refractivity contribution in [3.05, 3.63) is 0 Å². The zero-order chi connectivity index (χ0) is 11.8. The van der Waals surface area contributed by atoms with Crippen LogP contribution in [0, 0.1) is 11.8 Å². The van der Waals surface area contributed by atoms with Gasteiger partial charge in [-0.25, -0.2) is 0 Å². The van der Waals surface area contributed by atoms with E-state index in [0.717, 1.165) is 13.1 Å². The van der Waals surface area contributed by atoms with Crippen LogP contribution in [0.3, 0.4) is 0 Å². The Morgan fingerprint density at radius 3 is 2.62 bits per heavy atom. The Hall–Kier alpha value is -0.650. The van der Waals surface area contributed by atoms with Crippen molar-refractivity contribution in [2.75, 3.05) is 46.6 Å². The Balaban J connectivity index is 2.02. The Bertz CT molecular complexity index is 210. The van der Waals surface area contributed by atoms with Crippen molar-refractivity contribution >= 4 is 5.97 Å². The average Bonchev–Trinajstić information content (AvgIpc) is 2.69. The van der Waals surface area contributed by atoms with Gasteiger partial charge in [-0.3, -0.25) is 4.79 Å². The van der Waals surface area contributed by atoms with Crippen molar-refractivity contribution in [3.63, 3.8) is 0 Å². The highest BCUT2D eigenvalue weighted by Crippen LogP contribution is 2.16. The summed E-state index contributed by atoms with van der Waals surface area (Å²) >= 11 is 0. The van der Waals surface area contributed by atoms with Gasteiger partial charge in [0.05, 0.1) is 25.7 Å². The third kappa shape index (κ3) is 4.47. The van der Waals surface area contributed by atoms with Gasteiger partial charge >= 0.3 is 5.97 Å². The molecule has 1 rings (SSSR count). The number of esters is 1. The second-order valence-electron chi connectivity index (χ2n) is 4.01. The van der Waals surface area contributed by atoms with Gasteiger partial charge in [-0.1, -0.05) is 6.92 Å². The maximum absolute atomic E-state index is 11.6. The molecule has 0 aromatic carbocycles. The van der Waals surface area contributed by atoms with Crippen molar-refractivity contribution in [3.8, 4) is 0 Å². The Kier molecular flexibility index (Phi) is 6.37. The first kappa shape index (κ1) is 13.4. The molecule has 5 heteroatoms. The molecule has 1 fully saturated rings. The van der Waals surface area contributed by atoms with Crippen LogP contribution in [0.1, 0.15) is 6.92 Å². The molecule has 94 valence electrons. The van der Waals surface area contributed by atoms with Gasteiger partial charge < -0.3 is 19.5 Å². The molecule has 1 aliphatic rings. The quantitative estimate of drug-likeness (QED) is 0.495. The van der Waals surface area contributed by atoms with E-state index in [1.54, 1.807) is 7.11 Å². The molecule has 1 N–H and O–H groups in total. The van der Waals surface area contributed by atoms with Gasteiger partial charge in [0.25, 0.3) is 0 Å². The van der Waals surface area contributed by atoms with E-state index in [-0.39, 0.29) is 11.9 Å². The smallest absolute Gasteiger partial charge is 0.310 e. The summed E-state index contributed by atoms with van der Waals surface area (Å²) in [6.45, 7) is 5.54. The molecule has 1 heterocycles. The number of nitrogens with one attached hydrogen (secondary N) is 1. The lowest BCUT2D eigenvalue weighted by Gasteiger charge is -2.13. The summed E-state index contributed by atoms with van der Waals surface area (Å²) in [4.78, 5) is 11.6. The predicted molar refractivity (Wildman–Crippen MR) is 59.2 cm³/mol. The highest BCUT2D eigenvalue weighted by atomic mass is 16.6. The van der Waals surface area contributed by atoms with Gasteiger partial charge in [0.2, 0.25) is 0 Å². The van der Waals surface area contributed by atoms with Gasteiger partial charge in [0.15, 0.2) is 0 Å². The van der Waals surface area contributed by atoms with Crippen LogP contribution in [0.5, 0.6) is 0 Å². The number of hydrogen-bond acceptors (Lipinski definition) is 5. The first-order valence-corrected chi connectivity index (χ1v) is 5.69. The largest absolute Gasteiger partial charge is 0.463 e. The summed E-state index contributed by atoms with van der Waals surface area (Å²) in [5.74, 6) is 0.244. The lowest BCUT2D eigenvalue weighted by molar-refractivity contribution is -0.150. The van der Waals surface area contributed by atoms with Crippen LogP contribution in [0.4, 0.5) is 0 Å². The number of rotatable bonds is 7. The third-order valence-electron chi connectivity index (χ3n) is 2.72. The molecule has 2 atom stereocenters. The Labute approximate surface area is 96.4 Å². The van der Waals surface area contributed by atoms with Crippen molar-refractivity contribution in [1.29, 1.82) is 0 Å². The Morgan fingerprint density at radius 1 is 1.25 bits per heavy atom. The second kappa shape index (κ2) is 7.60. The molecule has 0 amide bonds. The summed E-state index contributed by atoms with van der Waals surface area (Å²) in [5.41, 5.74) is 0. The molecule has 0 aromatic heterocycles. The SMILES string of the molecule is COCCOCCOC(=O)C1CNCC1C. The van der Waals surface area contributed by atoms with Gasteiger partial charge in [0.1, 0.15) is 6.61 Å². The van der Waals surface area contributed by atoms with Gasteiger partial charge in [-0.05, 0) is 12.5 Å². The van der Waals surface area contributed by atoms with Crippen LogP contribution in [-0.4, -0.2) is 52.6 Å². The van der Waals surface area contributed by atoms with Gasteiger partial charge in [-0.15, -0.1) is 0 Å². The monoisotopic (exact) mass is 231 g/mol. The van der Waals surface area contributed by atoms with Gasteiger partial charge in [0, 0.05) is 13.7 Å². The number of carbonyl (C=O) groups excluding carboxylic acids is 1.